The smallest absolute Gasteiger partial charge is 0.418 e. The second kappa shape index (κ2) is 3.89. The van der Waals surface area contributed by atoms with Crippen LogP contribution >= 0.6 is 0 Å². The molecule has 0 aliphatic carbocycles. The molecular formula is C7H11N3O4S. The number of nitrogens with one attached hydrogen (secondary N) is 1. The summed E-state index contributed by atoms with van der Waals surface area (Å²) in [7, 11) is -4.05. The van der Waals surface area contributed by atoms with Crippen LogP contribution in [-0.2, 0) is 10.0 Å². The SMILES string of the molecule is CC(C)n1ccc(S(=O)(=O)NC(=O)O)n1. The van der Waals surface area contributed by atoms with E-state index in [1.54, 1.807) is 0 Å². The van der Waals surface area contributed by atoms with Crippen LogP contribution in [0.3, 0.4) is 0 Å². The van der Waals surface area contributed by atoms with Gasteiger partial charge in [0.05, 0.1) is 0 Å². The number of carboxylic acid groups (broad SMARTS) is 1. The Bertz CT molecular complexity index is 462. The van der Waals surface area contributed by atoms with Crippen molar-refractivity contribution in [3.05, 3.63) is 12.3 Å². The summed E-state index contributed by atoms with van der Waals surface area (Å²) in [6.45, 7) is 3.65. The van der Waals surface area contributed by atoms with E-state index in [4.69, 9.17) is 5.11 Å². The number of sulfonamides is 1. The van der Waals surface area contributed by atoms with Crippen molar-refractivity contribution in [3.8, 4) is 0 Å². The Balaban J connectivity index is 3.01. The fraction of sp³-hybridized carbons (Fsp3) is 0.429. The maximum absolute atomic E-state index is 11.3. The number of hydrogen-bond acceptors (Lipinski definition) is 4. The Labute approximate surface area is 86.8 Å². The minimum atomic E-state index is -4.05. The summed E-state index contributed by atoms with van der Waals surface area (Å²) in [6.07, 6.45) is -0.157. The van der Waals surface area contributed by atoms with E-state index in [2.05, 4.69) is 5.10 Å². The van der Waals surface area contributed by atoms with Gasteiger partial charge >= 0.3 is 6.09 Å². The molecule has 15 heavy (non-hydrogen) atoms. The molecule has 1 rings (SSSR count). The number of aromatic nitrogens is 2. The van der Waals surface area contributed by atoms with Crippen molar-refractivity contribution in [2.24, 2.45) is 0 Å². The summed E-state index contributed by atoms with van der Waals surface area (Å²) in [5.41, 5.74) is 0. The van der Waals surface area contributed by atoms with Gasteiger partial charge in [-0.25, -0.2) is 9.52 Å². The fourth-order valence-electron chi connectivity index (χ4n) is 0.919. The van der Waals surface area contributed by atoms with Gasteiger partial charge in [0.15, 0.2) is 5.03 Å². The third-order valence-corrected chi connectivity index (χ3v) is 2.82. The predicted octanol–water partition coefficient (Wildman–Crippen LogP) is 0.420. The van der Waals surface area contributed by atoms with Gasteiger partial charge in [-0.3, -0.25) is 4.68 Å². The zero-order valence-electron chi connectivity index (χ0n) is 8.21. The molecule has 0 unspecified atom stereocenters. The second-order valence-electron chi connectivity index (χ2n) is 3.14. The first-order valence-corrected chi connectivity index (χ1v) is 5.62. The minimum absolute atomic E-state index is 0.0128. The van der Waals surface area contributed by atoms with Gasteiger partial charge < -0.3 is 5.11 Å². The number of nitrogens with zero attached hydrogens (tertiary/aromatic N) is 2. The van der Waals surface area contributed by atoms with Gasteiger partial charge in [0.2, 0.25) is 0 Å². The highest BCUT2D eigenvalue weighted by Crippen LogP contribution is 2.08. The van der Waals surface area contributed by atoms with Crippen molar-refractivity contribution in [3.63, 3.8) is 0 Å². The molecule has 0 fully saturated rings. The zero-order chi connectivity index (χ0) is 11.6. The van der Waals surface area contributed by atoms with Crippen LogP contribution in [-0.4, -0.2) is 29.4 Å². The first-order chi connectivity index (χ1) is 6.83. The van der Waals surface area contributed by atoms with E-state index in [0.29, 0.717) is 0 Å². The van der Waals surface area contributed by atoms with E-state index in [-0.39, 0.29) is 11.1 Å². The maximum Gasteiger partial charge on any atom is 0.418 e. The molecule has 0 radical (unpaired) electrons. The molecule has 84 valence electrons. The van der Waals surface area contributed by atoms with Crippen LogP contribution in [0.5, 0.6) is 0 Å². The second-order valence-corrected chi connectivity index (χ2v) is 4.77. The molecule has 7 nitrogen and oxygen atoms in total. The molecule has 8 heteroatoms. The summed E-state index contributed by atoms with van der Waals surface area (Å²) in [5.74, 6) is 0. The van der Waals surface area contributed by atoms with Crippen LogP contribution in [0.2, 0.25) is 0 Å². The Morgan fingerprint density at radius 1 is 1.60 bits per heavy atom. The van der Waals surface area contributed by atoms with Crippen molar-refractivity contribution < 1.29 is 18.3 Å². The topological polar surface area (TPSA) is 101 Å². The van der Waals surface area contributed by atoms with Crippen molar-refractivity contribution in [2.75, 3.05) is 0 Å². The highest BCUT2D eigenvalue weighted by atomic mass is 32.2. The highest BCUT2D eigenvalue weighted by molar-refractivity contribution is 7.90. The Hall–Kier alpha value is -1.57. The van der Waals surface area contributed by atoms with Crippen LogP contribution in [0.1, 0.15) is 19.9 Å². The Kier molecular flexibility index (Phi) is 2.98. The summed E-state index contributed by atoms with van der Waals surface area (Å²) in [5, 5.41) is 11.7. The lowest BCUT2D eigenvalue weighted by Crippen LogP contribution is -2.29. The van der Waals surface area contributed by atoms with Gasteiger partial charge in [0.25, 0.3) is 10.0 Å². The number of hydrogen-bond donors (Lipinski definition) is 2. The first-order valence-electron chi connectivity index (χ1n) is 4.14. The average molecular weight is 233 g/mol. The van der Waals surface area contributed by atoms with Crippen LogP contribution in [0.15, 0.2) is 17.3 Å². The van der Waals surface area contributed by atoms with Crippen LogP contribution < -0.4 is 4.72 Å². The third kappa shape index (κ3) is 2.69. The van der Waals surface area contributed by atoms with Gasteiger partial charge in [-0.1, -0.05) is 0 Å². The fourth-order valence-corrected chi connectivity index (χ4v) is 1.69. The molecule has 0 aromatic carbocycles. The van der Waals surface area contributed by atoms with Gasteiger partial charge in [0.1, 0.15) is 0 Å². The molecule has 1 aromatic heterocycles. The monoisotopic (exact) mass is 233 g/mol. The molecule has 0 aliphatic heterocycles. The van der Waals surface area contributed by atoms with Crippen molar-refractivity contribution in [1.82, 2.24) is 14.5 Å². The van der Waals surface area contributed by atoms with E-state index in [1.165, 1.54) is 21.7 Å². The maximum atomic E-state index is 11.3. The Morgan fingerprint density at radius 3 is 2.60 bits per heavy atom. The van der Waals surface area contributed by atoms with Crippen LogP contribution in [0, 0.1) is 0 Å². The molecule has 0 saturated carbocycles. The lowest BCUT2D eigenvalue weighted by atomic mass is 10.4. The highest BCUT2D eigenvalue weighted by Gasteiger charge is 2.20. The summed E-state index contributed by atoms with van der Waals surface area (Å²) in [6, 6.07) is 1.25. The first kappa shape index (κ1) is 11.5. The van der Waals surface area contributed by atoms with Gasteiger partial charge in [-0.15, -0.1) is 0 Å². The molecule has 0 atom stereocenters. The van der Waals surface area contributed by atoms with Gasteiger partial charge in [-0.05, 0) is 19.9 Å². The molecule has 0 bridgehead atoms. The van der Waals surface area contributed by atoms with Gasteiger partial charge in [0, 0.05) is 12.2 Å². The molecular weight excluding hydrogens is 222 g/mol. The molecule has 0 spiro atoms. The number of amides is 1. The minimum Gasteiger partial charge on any atom is -0.464 e. The zero-order valence-corrected chi connectivity index (χ0v) is 9.02. The number of rotatable bonds is 3. The molecule has 1 amide bonds. The standard InChI is InChI=1S/C7H11N3O4S/c1-5(2)10-4-3-6(8-10)15(13,14)9-7(11)12/h3-5,9H,1-2H3,(H,11,12). The van der Waals surface area contributed by atoms with E-state index < -0.39 is 16.1 Å². The van der Waals surface area contributed by atoms with E-state index >= 15 is 0 Å². The van der Waals surface area contributed by atoms with Gasteiger partial charge in [-0.2, -0.15) is 13.5 Å². The van der Waals surface area contributed by atoms with Crippen LogP contribution in [0.25, 0.3) is 0 Å². The van der Waals surface area contributed by atoms with Crippen molar-refractivity contribution in [1.29, 1.82) is 0 Å². The van der Waals surface area contributed by atoms with E-state index in [1.807, 2.05) is 13.8 Å². The Morgan fingerprint density at radius 2 is 2.20 bits per heavy atom. The molecule has 2 N–H and O–H groups in total. The molecule has 1 heterocycles. The lowest BCUT2D eigenvalue weighted by molar-refractivity contribution is 0.201. The summed E-state index contributed by atoms with van der Waals surface area (Å²) < 4.78 is 25.4. The van der Waals surface area contributed by atoms with E-state index in [0.717, 1.165) is 0 Å². The predicted molar refractivity (Wildman–Crippen MR) is 51.0 cm³/mol. The quantitative estimate of drug-likeness (QED) is 0.787. The van der Waals surface area contributed by atoms with Crippen LogP contribution in [0.4, 0.5) is 4.79 Å². The van der Waals surface area contributed by atoms with Crippen molar-refractivity contribution in [2.45, 2.75) is 24.9 Å². The normalized spacial score (nSPS) is 11.7. The van der Waals surface area contributed by atoms with E-state index in [9.17, 15) is 13.2 Å². The molecule has 1 aromatic rings. The van der Waals surface area contributed by atoms with Crippen molar-refractivity contribution >= 4 is 16.1 Å². The number of carbonyl (C=O) groups is 1. The molecule has 0 saturated heterocycles. The summed E-state index contributed by atoms with van der Waals surface area (Å²) >= 11 is 0. The third-order valence-electron chi connectivity index (χ3n) is 1.61. The average Bonchev–Trinajstić information content (AvgIpc) is 2.48. The molecule has 0 aliphatic rings. The lowest BCUT2D eigenvalue weighted by Gasteiger charge is -2.03. The summed E-state index contributed by atoms with van der Waals surface area (Å²) in [4.78, 5) is 10.2. The largest absolute Gasteiger partial charge is 0.464 e.